The number of anilines is 1. The minimum atomic E-state index is -2.80. The zero-order chi connectivity index (χ0) is 11.1. The van der Waals surface area contributed by atoms with E-state index in [4.69, 9.17) is 5.73 Å². The van der Waals surface area contributed by atoms with Crippen LogP contribution in [0.15, 0.2) is 6.20 Å². The van der Waals surface area contributed by atoms with Crippen molar-refractivity contribution in [1.82, 2.24) is 9.78 Å². The van der Waals surface area contributed by atoms with E-state index in [1.807, 2.05) is 6.92 Å². The molecule has 2 N–H and O–H groups in total. The SMILES string of the molecule is Cc1nn(C2CCS(=O)(=O)CC2)cc1N. The third-order valence-electron chi connectivity index (χ3n) is 2.85. The molecule has 0 bridgehead atoms. The van der Waals surface area contributed by atoms with Crippen LogP contribution in [0.1, 0.15) is 24.6 Å². The summed E-state index contributed by atoms with van der Waals surface area (Å²) in [6.07, 6.45) is 3.07. The molecule has 2 heterocycles. The lowest BCUT2D eigenvalue weighted by Gasteiger charge is -2.22. The van der Waals surface area contributed by atoms with Gasteiger partial charge in [-0.1, -0.05) is 0 Å². The van der Waals surface area contributed by atoms with E-state index < -0.39 is 9.84 Å². The van der Waals surface area contributed by atoms with Gasteiger partial charge in [-0.3, -0.25) is 4.68 Å². The molecule has 0 aromatic carbocycles. The summed E-state index contributed by atoms with van der Waals surface area (Å²) < 4.78 is 24.3. The molecule has 1 aromatic rings. The van der Waals surface area contributed by atoms with E-state index in [1.54, 1.807) is 10.9 Å². The minimum absolute atomic E-state index is 0.185. The molecule has 1 aliphatic rings. The fourth-order valence-electron chi connectivity index (χ4n) is 1.82. The summed E-state index contributed by atoms with van der Waals surface area (Å²) in [5.74, 6) is 0.521. The van der Waals surface area contributed by atoms with Crippen molar-refractivity contribution in [3.05, 3.63) is 11.9 Å². The summed E-state index contributed by atoms with van der Waals surface area (Å²) in [7, 11) is -2.80. The smallest absolute Gasteiger partial charge is 0.150 e. The van der Waals surface area contributed by atoms with E-state index in [2.05, 4.69) is 5.10 Å². The first-order valence-electron chi connectivity index (χ1n) is 4.99. The van der Waals surface area contributed by atoms with Crippen molar-refractivity contribution >= 4 is 15.5 Å². The number of aryl methyl sites for hydroxylation is 1. The van der Waals surface area contributed by atoms with Crippen LogP contribution in [-0.4, -0.2) is 29.7 Å². The predicted molar refractivity (Wildman–Crippen MR) is 58.3 cm³/mol. The van der Waals surface area contributed by atoms with Crippen LogP contribution in [0.4, 0.5) is 5.69 Å². The number of sulfone groups is 1. The largest absolute Gasteiger partial charge is 0.396 e. The van der Waals surface area contributed by atoms with E-state index in [-0.39, 0.29) is 17.5 Å². The third-order valence-corrected chi connectivity index (χ3v) is 4.57. The summed E-state index contributed by atoms with van der Waals surface area (Å²) in [5, 5.41) is 4.28. The highest BCUT2D eigenvalue weighted by molar-refractivity contribution is 7.91. The van der Waals surface area contributed by atoms with Gasteiger partial charge in [-0.25, -0.2) is 8.42 Å². The Morgan fingerprint density at radius 3 is 2.53 bits per heavy atom. The molecule has 6 heteroatoms. The Bertz CT molecular complexity index is 430. The first-order valence-corrected chi connectivity index (χ1v) is 6.82. The van der Waals surface area contributed by atoms with E-state index in [0.29, 0.717) is 18.5 Å². The second-order valence-electron chi connectivity index (χ2n) is 4.03. The molecule has 0 aliphatic carbocycles. The first-order chi connectivity index (χ1) is 6.98. The van der Waals surface area contributed by atoms with Crippen LogP contribution in [0.2, 0.25) is 0 Å². The van der Waals surface area contributed by atoms with E-state index in [1.165, 1.54) is 0 Å². The Morgan fingerprint density at radius 1 is 1.47 bits per heavy atom. The molecule has 0 unspecified atom stereocenters. The maximum atomic E-state index is 11.2. The highest BCUT2D eigenvalue weighted by Crippen LogP contribution is 2.24. The van der Waals surface area contributed by atoms with E-state index in [9.17, 15) is 8.42 Å². The molecule has 0 atom stereocenters. The van der Waals surface area contributed by atoms with Crippen molar-refractivity contribution in [2.75, 3.05) is 17.2 Å². The van der Waals surface area contributed by atoms with Gasteiger partial charge in [0.05, 0.1) is 28.9 Å². The molecule has 1 aliphatic heterocycles. The summed E-state index contributed by atoms with van der Waals surface area (Å²) >= 11 is 0. The fourth-order valence-corrected chi connectivity index (χ4v) is 3.29. The molecular formula is C9H15N3O2S. The van der Waals surface area contributed by atoms with Gasteiger partial charge in [0, 0.05) is 6.20 Å². The number of nitrogens with two attached hydrogens (primary N) is 1. The molecule has 0 saturated carbocycles. The van der Waals surface area contributed by atoms with Crippen LogP contribution < -0.4 is 5.73 Å². The number of hydrogen-bond acceptors (Lipinski definition) is 4. The summed E-state index contributed by atoms with van der Waals surface area (Å²) in [6.45, 7) is 1.85. The Morgan fingerprint density at radius 2 is 2.07 bits per heavy atom. The second-order valence-corrected chi connectivity index (χ2v) is 6.34. The standard InChI is InChI=1S/C9H15N3O2S/c1-7-9(10)6-12(11-7)8-2-4-15(13,14)5-3-8/h6,8H,2-5,10H2,1H3. The average Bonchev–Trinajstić information content (AvgIpc) is 2.47. The molecule has 15 heavy (non-hydrogen) atoms. The third kappa shape index (κ3) is 2.14. The number of hydrogen-bond donors (Lipinski definition) is 1. The van der Waals surface area contributed by atoms with Crippen LogP contribution in [0, 0.1) is 6.92 Å². The van der Waals surface area contributed by atoms with E-state index in [0.717, 1.165) is 5.69 Å². The molecule has 1 aromatic heterocycles. The monoisotopic (exact) mass is 229 g/mol. The highest BCUT2D eigenvalue weighted by atomic mass is 32.2. The van der Waals surface area contributed by atoms with Gasteiger partial charge in [0.2, 0.25) is 0 Å². The Hall–Kier alpha value is -1.04. The normalized spacial score (nSPS) is 21.7. The van der Waals surface area contributed by atoms with Crippen LogP contribution in [0.5, 0.6) is 0 Å². The molecule has 1 saturated heterocycles. The Labute approximate surface area is 89.2 Å². The number of rotatable bonds is 1. The maximum Gasteiger partial charge on any atom is 0.150 e. The number of aromatic nitrogens is 2. The summed E-state index contributed by atoms with van der Waals surface area (Å²) in [6, 6.07) is 0.185. The molecule has 1 fully saturated rings. The quantitative estimate of drug-likeness (QED) is 0.761. The van der Waals surface area contributed by atoms with Crippen molar-refractivity contribution in [3.63, 3.8) is 0 Å². The van der Waals surface area contributed by atoms with Gasteiger partial charge < -0.3 is 5.73 Å². The molecular weight excluding hydrogens is 214 g/mol. The lowest BCUT2D eigenvalue weighted by molar-refractivity contribution is 0.412. The van der Waals surface area contributed by atoms with Gasteiger partial charge in [-0.15, -0.1) is 0 Å². The van der Waals surface area contributed by atoms with Crippen LogP contribution in [0.3, 0.4) is 0 Å². The van der Waals surface area contributed by atoms with Gasteiger partial charge in [0.1, 0.15) is 9.84 Å². The van der Waals surface area contributed by atoms with Gasteiger partial charge in [0.25, 0.3) is 0 Å². The minimum Gasteiger partial charge on any atom is -0.396 e. The zero-order valence-electron chi connectivity index (χ0n) is 8.68. The van der Waals surface area contributed by atoms with Crippen LogP contribution >= 0.6 is 0 Å². The van der Waals surface area contributed by atoms with Crippen molar-refractivity contribution in [2.24, 2.45) is 0 Å². The van der Waals surface area contributed by atoms with Gasteiger partial charge >= 0.3 is 0 Å². The molecule has 84 valence electrons. The summed E-state index contributed by atoms with van der Waals surface area (Å²) in [4.78, 5) is 0. The molecule has 0 amide bonds. The van der Waals surface area contributed by atoms with Gasteiger partial charge in [-0.2, -0.15) is 5.10 Å². The molecule has 0 radical (unpaired) electrons. The van der Waals surface area contributed by atoms with Crippen molar-refractivity contribution in [2.45, 2.75) is 25.8 Å². The van der Waals surface area contributed by atoms with Gasteiger partial charge in [0.15, 0.2) is 0 Å². The Kier molecular flexibility index (Phi) is 2.46. The fraction of sp³-hybridized carbons (Fsp3) is 0.667. The van der Waals surface area contributed by atoms with Crippen LogP contribution in [0.25, 0.3) is 0 Å². The summed E-state index contributed by atoms with van der Waals surface area (Å²) in [5.41, 5.74) is 7.18. The predicted octanol–water partition coefficient (Wildman–Crippen LogP) is 0.523. The second kappa shape index (κ2) is 3.52. The molecule has 0 spiro atoms. The topological polar surface area (TPSA) is 78.0 Å². The highest BCUT2D eigenvalue weighted by Gasteiger charge is 2.25. The molecule has 2 rings (SSSR count). The Balaban J connectivity index is 2.14. The average molecular weight is 229 g/mol. The number of nitrogen functional groups attached to an aromatic ring is 1. The van der Waals surface area contributed by atoms with Gasteiger partial charge in [-0.05, 0) is 19.8 Å². The van der Waals surface area contributed by atoms with Crippen molar-refractivity contribution in [1.29, 1.82) is 0 Å². The first kappa shape index (κ1) is 10.5. The number of nitrogens with zero attached hydrogens (tertiary/aromatic N) is 2. The van der Waals surface area contributed by atoms with Crippen molar-refractivity contribution < 1.29 is 8.42 Å². The van der Waals surface area contributed by atoms with Crippen LogP contribution in [-0.2, 0) is 9.84 Å². The molecule has 5 nitrogen and oxygen atoms in total. The maximum absolute atomic E-state index is 11.2. The lowest BCUT2D eigenvalue weighted by atomic mass is 10.2. The van der Waals surface area contributed by atoms with E-state index >= 15 is 0 Å². The lowest BCUT2D eigenvalue weighted by Crippen LogP contribution is -2.25. The zero-order valence-corrected chi connectivity index (χ0v) is 9.50. The van der Waals surface area contributed by atoms with Crippen molar-refractivity contribution in [3.8, 4) is 0 Å².